The van der Waals surface area contributed by atoms with Crippen LogP contribution in [0.1, 0.15) is 26.7 Å². The molecule has 0 bridgehead atoms. The number of allylic oxidation sites excluding steroid dienone is 2. The summed E-state index contributed by atoms with van der Waals surface area (Å²) in [5.41, 5.74) is 2.22. The van der Waals surface area contributed by atoms with E-state index in [0.717, 1.165) is 18.6 Å². The molecule has 0 aromatic carbocycles. The van der Waals surface area contributed by atoms with Crippen LogP contribution in [0.5, 0.6) is 0 Å². The molecule has 1 atom stereocenters. The van der Waals surface area contributed by atoms with Gasteiger partial charge in [-0.05, 0) is 19.3 Å². The zero-order valence-corrected chi connectivity index (χ0v) is 6.46. The van der Waals surface area contributed by atoms with Gasteiger partial charge in [0.15, 0.2) is 0 Å². The topological polar surface area (TPSA) is 32.6 Å². The van der Waals surface area contributed by atoms with Gasteiger partial charge in [0.2, 0.25) is 0 Å². The molecule has 10 heavy (non-hydrogen) atoms. The smallest absolute Gasteiger partial charge is 0.0616 e. The van der Waals surface area contributed by atoms with E-state index in [4.69, 9.17) is 5.21 Å². The van der Waals surface area contributed by atoms with Gasteiger partial charge >= 0.3 is 0 Å². The highest BCUT2D eigenvalue weighted by Crippen LogP contribution is 2.19. The van der Waals surface area contributed by atoms with E-state index in [2.05, 4.69) is 25.1 Å². The minimum absolute atomic E-state index is 0.541. The number of rotatable bonds is 0. The van der Waals surface area contributed by atoms with Gasteiger partial charge in [0, 0.05) is 6.42 Å². The van der Waals surface area contributed by atoms with Crippen molar-refractivity contribution >= 4 is 5.71 Å². The molecule has 0 spiro atoms. The first-order valence-corrected chi connectivity index (χ1v) is 3.59. The number of hydrogen-bond donors (Lipinski definition) is 1. The summed E-state index contributed by atoms with van der Waals surface area (Å²) in [6.45, 7) is 4.20. The molecule has 0 aromatic heterocycles. The Morgan fingerprint density at radius 1 is 1.70 bits per heavy atom. The van der Waals surface area contributed by atoms with E-state index >= 15 is 0 Å². The van der Waals surface area contributed by atoms with Crippen molar-refractivity contribution < 1.29 is 5.21 Å². The van der Waals surface area contributed by atoms with Gasteiger partial charge in [0.05, 0.1) is 5.71 Å². The molecule has 1 unspecified atom stereocenters. The summed E-state index contributed by atoms with van der Waals surface area (Å²) in [7, 11) is 0. The Bertz CT molecular complexity index is 182. The molecule has 2 nitrogen and oxygen atoms in total. The number of hydrogen-bond acceptors (Lipinski definition) is 2. The summed E-state index contributed by atoms with van der Waals surface area (Å²) in [5.74, 6) is 0.541. The molecule has 0 fully saturated rings. The first-order chi connectivity index (χ1) is 4.72. The molecule has 1 rings (SSSR count). The molecule has 56 valence electrons. The molecule has 0 aromatic rings. The van der Waals surface area contributed by atoms with E-state index in [9.17, 15) is 0 Å². The molecular weight excluding hydrogens is 126 g/mol. The molecule has 0 radical (unpaired) electrons. The quantitative estimate of drug-likeness (QED) is 0.311. The molecule has 0 saturated heterocycles. The zero-order valence-electron chi connectivity index (χ0n) is 6.46. The van der Waals surface area contributed by atoms with Gasteiger partial charge in [-0.2, -0.15) is 0 Å². The molecule has 1 aliphatic rings. The maximum absolute atomic E-state index is 8.49. The second-order valence-corrected chi connectivity index (χ2v) is 3.04. The van der Waals surface area contributed by atoms with Crippen molar-refractivity contribution in [3.8, 4) is 0 Å². The van der Waals surface area contributed by atoms with Crippen LogP contribution in [0.15, 0.2) is 16.8 Å². The van der Waals surface area contributed by atoms with Crippen LogP contribution >= 0.6 is 0 Å². The maximum atomic E-state index is 8.49. The lowest BCUT2D eigenvalue weighted by Gasteiger charge is -2.15. The van der Waals surface area contributed by atoms with Crippen LogP contribution in [0.4, 0.5) is 0 Å². The molecule has 1 N–H and O–H groups in total. The summed E-state index contributed by atoms with van der Waals surface area (Å²) in [6.07, 6.45) is 3.99. The van der Waals surface area contributed by atoms with Gasteiger partial charge < -0.3 is 5.21 Å². The fourth-order valence-corrected chi connectivity index (χ4v) is 1.45. The van der Waals surface area contributed by atoms with E-state index in [-0.39, 0.29) is 0 Å². The normalized spacial score (nSPS) is 30.4. The van der Waals surface area contributed by atoms with E-state index in [1.807, 2.05) is 0 Å². The molecule has 0 amide bonds. The molecule has 0 heterocycles. The molecule has 1 aliphatic carbocycles. The Hall–Kier alpha value is -0.790. The lowest BCUT2D eigenvalue weighted by molar-refractivity contribution is 0.315. The van der Waals surface area contributed by atoms with E-state index in [1.165, 1.54) is 5.57 Å². The molecule has 2 heteroatoms. The standard InChI is InChI=1S/C8H13NO/c1-6-3-7(2)5-8(4-6)9-10/h3,6,10H,4-5H2,1-2H3. The van der Waals surface area contributed by atoms with Crippen molar-refractivity contribution in [1.82, 2.24) is 0 Å². The third-order valence-corrected chi connectivity index (χ3v) is 1.75. The fourth-order valence-electron chi connectivity index (χ4n) is 1.45. The van der Waals surface area contributed by atoms with Crippen LogP contribution < -0.4 is 0 Å². The summed E-state index contributed by atoms with van der Waals surface area (Å²) >= 11 is 0. The number of oxime groups is 1. The second kappa shape index (κ2) is 2.86. The van der Waals surface area contributed by atoms with E-state index < -0.39 is 0 Å². The molecular formula is C8H13NO. The van der Waals surface area contributed by atoms with Crippen LogP contribution in [0.2, 0.25) is 0 Å². The average Bonchev–Trinajstić information content (AvgIpc) is 1.85. The van der Waals surface area contributed by atoms with Crippen molar-refractivity contribution in [1.29, 1.82) is 0 Å². The van der Waals surface area contributed by atoms with Crippen molar-refractivity contribution in [2.75, 3.05) is 0 Å². The van der Waals surface area contributed by atoms with Gasteiger partial charge in [-0.3, -0.25) is 0 Å². The lowest BCUT2D eigenvalue weighted by atomic mass is 9.91. The van der Waals surface area contributed by atoms with Crippen LogP contribution in [0.3, 0.4) is 0 Å². The second-order valence-electron chi connectivity index (χ2n) is 3.04. The van der Waals surface area contributed by atoms with Crippen molar-refractivity contribution in [3.05, 3.63) is 11.6 Å². The summed E-state index contributed by atoms with van der Waals surface area (Å²) < 4.78 is 0. The summed E-state index contributed by atoms with van der Waals surface area (Å²) in [5, 5.41) is 11.7. The highest BCUT2D eigenvalue weighted by atomic mass is 16.4. The fraction of sp³-hybridized carbons (Fsp3) is 0.625. The minimum atomic E-state index is 0.541. The third kappa shape index (κ3) is 1.59. The molecule has 0 saturated carbocycles. The van der Waals surface area contributed by atoms with Crippen molar-refractivity contribution in [3.63, 3.8) is 0 Å². The van der Waals surface area contributed by atoms with Crippen LogP contribution in [-0.4, -0.2) is 10.9 Å². The highest BCUT2D eigenvalue weighted by molar-refractivity contribution is 5.87. The van der Waals surface area contributed by atoms with Crippen molar-refractivity contribution in [2.24, 2.45) is 11.1 Å². The lowest BCUT2D eigenvalue weighted by Crippen LogP contribution is -2.10. The Morgan fingerprint density at radius 2 is 2.40 bits per heavy atom. The largest absolute Gasteiger partial charge is 0.411 e. The average molecular weight is 139 g/mol. The third-order valence-electron chi connectivity index (χ3n) is 1.75. The minimum Gasteiger partial charge on any atom is -0.411 e. The highest BCUT2D eigenvalue weighted by Gasteiger charge is 2.12. The van der Waals surface area contributed by atoms with Gasteiger partial charge in [-0.25, -0.2) is 0 Å². The van der Waals surface area contributed by atoms with Gasteiger partial charge in [0.1, 0.15) is 0 Å². The predicted octanol–water partition coefficient (Wildman–Crippen LogP) is 2.19. The first-order valence-electron chi connectivity index (χ1n) is 3.59. The van der Waals surface area contributed by atoms with Crippen LogP contribution in [0, 0.1) is 5.92 Å². The van der Waals surface area contributed by atoms with Crippen LogP contribution in [-0.2, 0) is 0 Å². The van der Waals surface area contributed by atoms with Crippen molar-refractivity contribution in [2.45, 2.75) is 26.7 Å². The SMILES string of the molecule is CC1=CC(C)CC(=NO)C1. The van der Waals surface area contributed by atoms with Gasteiger partial charge in [-0.15, -0.1) is 0 Å². The summed E-state index contributed by atoms with van der Waals surface area (Å²) in [4.78, 5) is 0. The summed E-state index contributed by atoms with van der Waals surface area (Å²) in [6, 6.07) is 0. The zero-order chi connectivity index (χ0) is 7.56. The number of nitrogens with zero attached hydrogens (tertiary/aromatic N) is 1. The predicted molar refractivity (Wildman–Crippen MR) is 41.4 cm³/mol. The maximum Gasteiger partial charge on any atom is 0.0616 e. The monoisotopic (exact) mass is 139 g/mol. The Kier molecular flexibility index (Phi) is 2.10. The van der Waals surface area contributed by atoms with Gasteiger partial charge in [-0.1, -0.05) is 23.7 Å². The van der Waals surface area contributed by atoms with Crippen LogP contribution in [0.25, 0.3) is 0 Å². The van der Waals surface area contributed by atoms with E-state index in [0.29, 0.717) is 5.92 Å². The Balaban J connectivity index is 2.70. The van der Waals surface area contributed by atoms with Gasteiger partial charge in [0.25, 0.3) is 0 Å². The molecule has 0 aliphatic heterocycles. The first kappa shape index (κ1) is 7.32. The Labute approximate surface area is 61.2 Å². The Morgan fingerprint density at radius 3 is 2.90 bits per heavy atom. The van der Waals surface area contributed by atoms with E-state index in [1.54, 1.807) is 0 Å².